The van der Waals surface area contributed by atoms with E-state index in [4.69, 9.17) is 25.5 Å². The number of carbonyl (C=O) groups is 5. The van der Waals surface area contributed by atoms with Gasteiger partial charge in [-0.15, -0.1) is 0 Å². The van der Waals surface area contributed by atoms with Crippen LogP contribution in [0, 0.1) is 13.8 Å². The monoisotopic (exact) mass is 781 g/mol. The highest BCUT2D eigenvalue weighted by Gasteiger charge is 2.30. The Hall–Kier alpha value is -5.69. The van der Waals surface area contributed by atoms with E-state index >= 15 is 0 Å². The first-order valence-corrected chi connectivity index (χ1v) is 17.3. The highest BCUT2D eigenvalue weighted by atomic mass is 16.4. The molecule has 17 nitrogen and oxygen atoms in total. The van der Waals surface area contributed by atoms with Crippen LogP contribution in [0.4, 0.5) is 0 Å². The zero-order valence-corrected chi connectivity index (χ0v) is 31.7. The minimum Gasteiger partial charge on any atom is -0.481 e. The first kappa shape index (κ1) is 46.5. The number of rotatable bonds is 17. The van der Waals surface area contributed by atoms with Crippen molar-refractivity contribution in [2.75, 3.05) is 6.61 Å². The molecule has 0 aromatic carbocycles. The van der Waals surface area contributed by atoms with E-state index in [1.165, 1.54) is 6.08 Å². The number of aromatic nitrogens is 2. The Morgan fingerprint density at radius 2 is 1.18 bits per heavy atom. The third kappa shape index (κ3) is 10.7. The van der Waals surface area contributed by atoms with E-state index in [9.17, 15) is 34.2 Å². The molecule has 0 radical (unpaired) electrons. The second-order valence-corrected chi connectivity index (χ2v) is 13.1. The lowest BCUT2D eigenvalue weighted by atomic mass is 9.98. The number of amides is 2. The minimum absolute atomic E-state index is 0. The van der Waals surface area contributed by atoms with Crippen LogP contribution in [0.3, 0.4) is 0 Å². The van der Waals surface area contributed by atoms with Crippen molar-refractivity contribution in [1.29, 1.82) is 0 Å². The first-order chi connectivity index (χ1) is 25.9. The molecule has 4 heterocycles. The van der Waals surface area contributed by atoms with E-state index in [-0.39, 0.29) is 49.9 Å². The second-order valence-electron chi connectivity index (χ2n) is 13.1. The number of hydrogen-bond donors (Lipinski definition) is 12. The smallest absolute Gasteiger partial charge is 0.303 e. The molecule has 0 fully saturated rings. The third-order valence-corrected chi connectivity index (χ3v) is 9.53. The van der Waals surface area contributed by atoms with Crippen LogP contribution in [-0.4, -0.2) is 107 Å². The zero-order valence-electron chi connectivity index (χ0n) is 31.7. The van der Waals surface area contributed by atoms with Gasteiger partial charge in [0.2, 0.25) is 0 Å². The fourth-order valence-corrected chi connectivity index (χ4v) is 6.23. The van der Waals surface area contributed by atoms with Gasteiger partial charge in [0.1, 0.15) is 24.4 Å². The van der Waals surface area contributed by atoms with Crippen LogP contribution < -0.4 is 16.8 Å². The first-order valence-electron chi connectivity index (χ1n) is 17.3. The number of carboxylic acid groups (broad SMARTS) is 2. The highest BCUT2D eigenvalue weighted by molar-refractivity contribution is 6.03. The third-order valence-electron chi connectivity index (χ3n) is 9.53. The lowest BCUT2D eigenvalue weighted by molar-refractivity contribution is -0.138. The highest BCUT2D eigenvalue weighted by Crippen LogP contribution is 2.31. The van der Waals surface area contributed by atoms with Crippen molar-refractivity contribution in [3.05, 3.63) is 104 Å². The quantitative estimate of drug-likeness (QED) is 0.101. The van der Waals surface area contributed by atoms with Crippen molar-refractivity contribution in [1.82, 2.24) is 26.8 Å². The molecule has 0 aliphatic carbocycles. The molecule has 2 aromatic rings. The number of allylic oxidation sites excluding steroid dienone is 2. The Morgan fingerprint density at radius 3 is 1.59 bits per heavy atom. The molecule has 4 atom stereocenters. The molecule has 17 heteroatoms. The lowest BCUT2D eigenvalue weighted by Gasteiger charge is -2.22. The van der Waals surface area contributed by atoms with Crippen LogP contribution >= 0.6 is 0 Å². The van der Waals surface area contributed by atoms with E-state index in [2.05, 4.69) is 33.8 Å². The van der Waals surface area contributed by atoms with Gasteiger partial charge >= 0.3 is 11.9 Å². The molecule has 0 saturated carbocycles. The molecule has 2 aliphatic heterocycles. The van der Waals surface area contributed by atoms with Gasteiger partial charge in [-0.1, -0.05) is 25.3 Å². The Kier molecular flexibility index (Phi) is 16.8. The maximum absolute atomic E-state index is 12.3. The summed E-state index contributed by atoms with van der Waals surface area (Å²) in [7, 11) is 0. The van der Waals surface area contributed by atoms with E-state index in [1.807, 2.05) is 32.9 Å². The van der Waals surface area contributed by atoms with E-state index in [0.717, 1.165) is 50.6 Å². The summed E-state index contributed by atoms with van der Waals surface area (Å²) >= 11 is 0. The number of aliphatic hydroxyl groups is 5. The van der Waals surface area contributed by atoms with Crippen LogP contribution in [0.2, 0.25) is 0 Å². The molecule has 0 bridgehead atoms. The van der Waals surface area contributed by atoms with E-state index < -0.39 is 43.0 Å². The average molecular weight is 782 g/mol. The van der Waals surface area contributed by atoms with Crippen LogP contribution in [0.5, 0.6) is 0 Å². The number of nitrogens with one attached hydrogen (secondary N) is 4. The lowest BCUT2D eigenvalue weighted by Crippen LogP contribution is -2.46. The summed E-state index contributed by atoms with van der Waals surface area (Å²) in [6.45, 7) is 14.2. The second kappa shape index (κ2) is 20.3. The number of H-pyrrole nitrogens is 2. The molecular formula is C39H51N5O12. The van der Waals surface area contributed by atoms with Gasteiger partial charge in [-0.3, -0.25) is 19.2 Å². The fraction of sp³-hybridized carbons (Fsp3) is 0.359. The molecule has 2 aromatic heterocycles. The van der Waals surface area contributed by atoms with E-state index in [0.29, 0.717) is 34.5 Å². The standard InChI is InChI=1S/C33H36N4O6.C6H12O6.H3N/c1-7-20-19(6)32(42)37-27(20)14-25-18(5)23(10-12-31(40)41)29(35-25)15-28-22(9-11-30(38)39)17(4)24(34-28)13-26-16(3)21(8-2)33(43)36-26;7-1-3(9)5(11)6(12)4(10)2-8;/h7-8,13-14,34-35H,1-2,9-12,15H2,3-6H3,(H,36,43)(H,37,42)(H,38,39)(H,40,41);1,3-6,8-12H,2H2;1H3/b26-13-,27-14-;;/t;3-,4+,5+,6+;/m.0./s1. The van der Waals surface area contributed by atoms with Crippen molar-refractivity contribution in [3.63, 3.8) is 0 Å². The summed E-state index contributed by atoms with van der Waals surface area (Å²) in [5.74, 6) is -2.28. The summed E-state index contributed by atoms with van der Waals surface area (Å²) in [4.78, 5) is 64.4. The minimum atomic E-state index is -1.79. The summed E-state index contributed by atoms with van der Waals surface area (Å²) in [5, 5.41) is 68.1. The number of hydrogen-bond acceptors (Lipinski definition) is 11. The zero-order chi connectivity index (χ0) is 41.3. The van der Waals surface area contributed by atoms with Gasteiger partial charge in [0.05, 0.1) is 12.3 Å². The van der Waals surface area contributed by atoms with Gasteiger partial charge in [0, 0.05) is 64.5 Å². The van der Waals surface area contributed by atoms with Crippen molar-refractivity contribution >= 4 is 42.2 Å². The number of carboxylic acids is 2. The van der Waals surface area contributed by atoms with Crippen LogP contribution in [0.25, 0.3) is 12.2 Å². The molecule has 14 N–H and O–H groups in total. The molecule has 56 heavy (non-hydrogen) atoms. The molecule has 2 aliphatic rings. The van der Waals surface area contributed by atoms with Gasteiger partial charge in [-0.25, -0.2) is 0 Å². The fourth-order valence-electron chi connectivity index (χ4n) is 6.23. The van der Waals surface area contributed by atoms with Gasteiger partial charge in [-0.05, 0) is 80.5 Å². The predicted octanol–water partition coefficient (Wildman–Crippen LogP) is 1.31. The largest absolute Gasteiger partial charge is 0.481 e. The van der Waals surface area contributed by atoms with Crippen LogP contribution in [0.15, 0.2) is 59.0 Å². The Balaban J connectivity index is 0.000000720. The molecule has 4 rings (SSSR count). The molecule has 0 unspecified atom stereocenters. The maximum atomic E-state index is 12.3. The van der Waals surface area contributed by atoms with Crippen molar-refractivity contribution in [3.8, 4) is 0 Å². The number of aldehydes is 1. The van der Waals surface area contributed by atoms with E-state index in [1.54, 1.807) is 13.0 Å². The molecule has 0 spiro atoms. The summed E-state index contributed by atoms with van der Waals surface area (Å²) < 4.78 is 0. The van der Waals surface area contributed by atoms with Gasteiger partial charge in [0.25, 0.3) is 11.8 Å². The van der Waals surface area contributed by atoms with Crippen LogP contribution in [-0.2, 0) is 43.2 Å². The molecular weight excluding hydrogens is 730 g/mol. The Bertz CT molecular complexity index is 2000. The average Bonchev–Trinajstić information content (AvgIpc) is 3.79. The normalized spacial score (nSPS) is 17.4. The van der Waals surface area contributed by atoms with Crippen molar-refractivity contribution in [2.45, 2.75) is 84.2 Å². The van der Waals surface area contributed by atoms with Crippen molar-refractivity contribution < 1.29 is 59.7 Å². The number of aliphatic carboxylic acids is 2. The summed E-state index contributed by atoms with van der Waals surface area (Å²) in [5.41, 5.74) is 10.2. The van der Waals surface area contributed by atoms with Crippen LogP contribution in [0.1, 0.15) is 71.7 Å². The summed E-state index contributed by atoms with van der Waals surface area (Å²) in [6.07, 6.45) is 0.745. The topological polar surface area (TPSA) is 318 Å². The summed E-state index contributed by atoms with van der Waals surface area (Å²) in [6, 6.07) is 0. The predicted molar refractivity (Wildman–Crippen MR) is 206 cm³/mol. The Labute approximate surface area is 323 Å². The van der Waals surface area contributed by atoms with Gasteiger partial charge < -0.3 is 67.3 Å². The van der Waals surface area contributed by atoms with Crippen molar-refractivity contribution in [2.24, 2.45) is 0 Å². The molecule has 304 valence electrons. The van der Waals surface area contributed by atoms with Gasteiger partial charge in [-0.2, -0.15) is 0 Å². The SMILES string of the molecule is C=CC1=C(C)/C(=C/c2[nH]c(Cc3[nH]c(/C=C4\NC(=O)C(C)=C4C=C)c(C)c3CCC(=O)O)c(CCC(=O)O)c2C)NC1=O.N.O=C[C@H](O)[C@@H](O)[C@H](O)[C@H](O)CO. The number of aromatic amines is 2. The number of aliphatic hydroxyl groups excluding tert-OH is 5. The Morgan fingerprint density at radius 1 is 0.714 bits per heavy atom. The maximum Gasteiger partial charge on any atom is 0.303 e. The van der Waals surface area contributed by atoms with Gasteiger partial charge in [0.15, 0.2) is 6.29 Å². The number of carbonyl (C=O) groups excluding carboxylic acids is 3. The molecule has 0 saturated heterocycles. The molecule has 2 amide bonds.